The fourth-order valence-corrected chi connectivity index (χ4v) is 2.28. The number of para-hydroxylation sites is 1. The van der Waals surface area contributed by atoms with Crippen molar-refractivity contribution in [3.63, 3.8) is 0 Å². The molecule has 0 aromatic heterocycles. The summed E-state index contributed by atoms with van der Waals surface area (Å²) in [4.78, 5) is 0. The van der Waals surface area contributed by atoms with E-state index in [9.17, 15) is 5.11 Å². The van der Waals surface area contributed by atoms with E-state index in [1.165, 1.54) is 5.56 Å². The van der Waals surface area contributed by atoms with Crippen LogP contribution >= 0.6 is 0 Å². The molecule has 1 atom stereocenters. The van der Waals surface area contributed by atoms with Gasteiger partial charge in [-0.3, -0.25) is 0 Å². The third-order valence-electron chi connectivity index (χ3n) is 3.21. The highest BCUT2D eigenvalue weighted by molar-refractivity contribution is 5.45. The molecular weight excluding hydrogens is 216 g/mol. The first-order valence-corrected chi connectivity index (χ1v) is 6.13. The molecule has 1 N–H and O–H groups in total. The van der Waals surface area contributed by atoms with E-state index in [0.717, 1.165) is 17.7 Å². The van der Waals surface area contributed by atoms with Crippen LogP contribution in [-0.2, 0) is 11.2 Å². The summed E-state index contributed by atoms with van der Waals surface area (Å²) in [7, 11) is 0. The number of benzene rings is 1. The van der Waals surface area contributed by atoms with Gasteiger partial charge in [-0.1, -0.05) is 18.2 Å². The Bertz CT molecular complexity index is 398. The van der Waals surface area contributed by atoms with Gasteiger partial charge in [-0.05, 0) is 26.3 Å². The number of aliphatic hydroxyl groups excluding tert-OH is 1. The predicted molar refractivity (Wildman–Crippen MR) is 66.3 cm³/mol. The molecule has 0 saturated carbocycles. The first-order chi connectivity index (χ1) is 8.06. The van der Waals surface area contributed by atoms with Crippen LogP contribution < -0.4 is 4.74 Å². The minimum atomic E-state index is -0.671. The van der Waals surface area contributed by atoms with Crippen molar-refractivity contribution >= 4 is 0 Å². The van der Waals surface area contributed by atoms with Gasteiger partial charge in [-0.15, -0.1) is 0 Å². The zero-order valence-corrected chi connectivity index (χ0v) is 10.7. The Labute approximate surface area is 102 Å². The molecule has 2 rings (SSSR count). The smallest absolute Gasteiger partial charge is 0.128 e. The van der Waals surface area contributed by atoms with E-state index >= 15 is 0 Å². The third-order valence-corrected chi connectivity index (χ3v) is 3.21. The van der Waals surface area contributed by atoms with E-state index in [1.54, 1.807) is 0 Å². The summed E-state index contributed by atoms with van der Waals surface area (Å²) < 4.78 is 11.2. The molecule has 3 nitrogen and oxygen atoms in total. The molecule has 0 saturated heterocycles. The molecule has 1 aliphatic rings. The van der Waals surface area contributed by atoms with Crippen molar-refractivity contribution in [2.75, 3.05) is 13.2 Å². The van der Waals surface area contributed by atoms with Crippen molar-refractivity contribution in [2.24, 2.45) is 0 Å². The van der Waals surface area contributed by atoms with Gasteiger partial charge < -0.3 is 14.6 Å². The number of hydrogen-bond donors (Lipinski definition) is 1. The van der Waals surface area contributed by atoms with Gasteiger partial charge >= 0.3 is 0 Å². The SMILES string of the molecule is CCOC(C)(C)C(O)c1cccc2c1OCC2. The topological polar surface area (TPSA) is 38.7 Å². The van der Waals surface area contributed by atoms with Crippen molar-refractivity contribution < 1.29 is 14.6 Å². The van der Waals surface area contributed by atoms with Crippen molar-refractivity contribution in [1.29, 1.82) is 0 Å². The Hall–Kier alpha value is -1.06. The van der Waals surface area contributed by atoms with Gasteiger partial charge in [-0.2, -0.15) is 0 Å². The minimum Gasteiger partial charge on any atom is -0.493 e. The van der Waals surface area contributed by atoms with E-state index in [0.29, 0.717) is 13.2 Å². The predicted octanol–water partition coefficient (Wildman–Crippen LogP) is 2.47. The van der Waals surface area contributed by atoms with E-state index in [-0.39, 0.29) is 0 Å². The number of hydrogen-bond acceptors (Lipinski definition) is 3. The molecule has 1 unspecified atom stereocenters. The standard InChI is InChI=1S/C14H20O3/c1-4-17-14(2,3)13(15)11-7-5-6-10-8-9-16-12(10)11/h5-7,13,15H,4,8-9H2,1-3H3. The van der Waals surface area contributed by atoms with E-state index in [2.05, 4.69) is 0 Å². The zero-order chi connectivity index (χ0) is 12.5. The molecular formula is C14H20O3. The zero-order valence-electron chi connectivity index (χ0n) is 10.7. The summed E-state index contributed by atoms with van der Waals surface area (Å²) in [5.41, 5.74) is 1.41. The van der Waals surface area contributed by atoms with Crippen LogP contribution in [0.5, 0.6) is 5.75 Å². The van der Waals surface area contributed by atoms with Crippen LogP contribution in [0.4, 0.5) is 0 Å². The fourth-order valence-electron chi connectivity index (χ4n) is 2.28. The second kappa shape index (κ2) is 4.67. The van der Waals surface area contributed by atoms with Crippen molar-refractivity contribution in [3.8, 4) is 5.75 Å². The molecule has 3 heteroatoms. The number of aliphatic hydroxyl groups is 1. The fraction of sp³-hybridized carbons (Fsp3) is 0.571. The van der Waals surface area contributed by atoms with Crippen LogP contribution in [0.1, 0.15) is 38.0 Å². The molecule has 0 spiro atoms. The molecule has 0 aliphatic carbocycles. The number of fused-ring (bicyclic) bond motifs is 1. The Kier molecular flexibility index (Phi) is 3.40. The summed E-state index contributed by atoms with van der Waals surface area (Å²) >= 11 is 0. The van der Waals surface area contributed by atoms with Crippen LogP contribution in [0.25, 0.3) is 0 Å². The molecule has 0 fully saturated rings. The first-order valence-electron chi connectivity index (χ1n) is 6.13. The molecule has 94 valence electrons. The normalized spacial score (nSPS) is 16.5. The number of rotatable bonds is 4. The number of ether oxygens (including phenoxy) is 2. The van der Waals surface area contributed by atoms with Gasteiger partial charge in [0.1, 0.15) is 11.9 Å². The molecule has 0 amide bonds. The van der Waals surface area contributed by atoms with Crippen LogP contribution in [0.15, 0.2) is 18.2 Å². The van der Waals surface area contributed by atoms with Crippen molar-refractivity contribution in [2.45, 2.75) is 38.9 Å². The average molecular weight is 236 g/mol. The third kappa shape index (κ3) is 2.31. The highest BCUT2D eigenvalue weighted by Gasteiger charge is 2.33. The van der Waals surface area contributed by atoms with Crippen LogP contribution in [0.2, 0.25) is 0 Å². The molecule has 1 aliphatic heterocycles. The lowest BCUT2D eigenvalue weighted by molar-refractivity contribution is -0.0989. The first kappa shape index (κ1) is 12.4. The average Bonchev–Trinajstić information content (AvgIpc) is 2.75. The Morgan fingerprint density at radius 1 is 1.47 bits per heavy atom. The molecule has 1 aromatic carbocycles. The summed E-state index contributed by atoms with van der Waals surface area (Å²) in [6.07, 6.45) is 0.251. The lowest BCUT2D eigenvalue weighted by atomic mass is 9.92. The Morgan fingerprint density at radius 2 is 2.24 bits per heavy atom. The second-order valence-electron chi connectivity index (χ2n) is 4.87. The molecule has 17 heavy (non-hydrogen) atoms. The van der Waals surface area contributed by atoms with Gasteiger partial charge in [0.2, 0.25) is 0 Å². The Morgan fingerprint density at radius 3 is 2.94 bits per heavy atom. The van der Waals surface area contributed by atoms with E-state index < -0.39 is 11.7 Å². The summed E-state index contributed by atoms with van der Waals surface area (Å²) in [5, 5.41) is 10.4. The van der Waals surface area contributed by atoms with E-state index in [1.807, 2.05) is 39.0 Å². The van der Waals surface area contributed by atoms with Crippen LogP contribution in [0, 0.1) is 0 Å². The largest absolute Gasteiger partial charge is 0.493 e. The summed E-state index contributed by atoms with van der Waals surface area (Å²) in [5.74, 6) is 0.841. The van der Waals surface area contributed by atoms with Gasteiger partial charge in [-0.25, -0.2) is 0 Å². The lowest BCUT2D eigenvalue weighted by Crippen LogP contribution is -2.33. The maximum Gasteiger partial charge on any atom is 0.128 e. The molecule has 1 aromatic rings. The monoisotopic (exact) mass is 236 g/mol. The quantitative estimate of drug-likeness (QED) is 0.872. The van der Waals surface area contributed by atoms with Crippen LogP contribution in [-0.4, -0.2) is 23.9 Å². The highest BCUT2D eigenvalue weighted by Crippen LogP contribution is 2.38. The highest BCUT2D eigenvalue weighted by atomic mass is 16.5. The summed E-state index contributed by atoms with van der Waals surface area (Å²) in [6.45, 7) is 7.01. The molecule has 0 radical (unpaired) electrons. The summed E-state index contributed by atoms with van der Waals surface area (Å²) in [6, 6.07) is 5.93. The molecule has 0 bridgehead atoms. The van der Waals surface area contributed by atoms with Crippen molar-refractivity contribution in [1.82, 2.24) is 0 Å². The Balaban J connectivity index is 2.31. The van der Waals surface area contributed by atoms with Gasteiger partial charge in [0.05, 0.1) is 12.2 Å². The van der Waals surface area contributed by atoms with Crippen molar-refractivity contribution in [3.05, 3.63) is 29.3 Å². The van der Waals surface area contributed by atoms with E-state index in [4.69, 9.17) is 9.47 Å². The van der Waals surface area contributed by atoms with Crippen LogP contribution in [0.3, 0.4) is 0 Å². The lowest BCUT2D eigenvalue weighted by Gasteiger charge is -2.31. The minimum absolute atomic E-state index is 0.583. The molecule has 1 heterocycles. The van der Waals surface area contributed by atoms with Gasteiger partial charge in [0.15, 0.2) is 0 Å². The maximum absolute atomic E-state index is 10.4. The van der Waals surface area contributed by atoms with Gasteiger partial charge in [0.25, 0.3) is 0 Å². The maximum atomic E-state index is 10.4. The second-order valence-corrected chi connectivity index (χ2v) is 4.87. The van der Waals surface area contributed by atoms with Gasteiger partial charge in [0, 0.05) is 18.6 Å².